The summed E-state index contributed by atoms with van der Waals surface area (Å²) in [6.45, 7) is 6.51. The fourth-order valence-electron chi connectivity index (χ4n) is 2.11. The molecule has 2 aromatic rings. The molecule has 0 unspecified atom stereocenters. The number of hydrogen-bond donors (Lipinski definition) is 1. The summed E-state index contributed by atoms with van der Waals surface area (Å²) in [4.78, 5) is 12.6. The van der Waals surface area contributed by atoms with E-state index in [0.717, 1.165) is 6.42 Å². The monoisotopic (exact) mass is 313 g/mol. The Kier molecular flexibility index (Phi) is 6.03. The Balaban J connectivity index is 2.20. The highest BCUT2D eigenvalue weighted by molar-refractivity contribution is 6.06. The molecule has 1 amide bonds. The predicted octanol–water partition coefficient (Wildman–Crippen LogP) is 4.51. The van der Waals surface area contributed by atoms with Crippen LogP contribution in [-0.4, -0.2) is 18.6 Å². The van der Waals surface area contributed by atoms with Crippen LogP contribution in [-0.2, 0) is 0 Å². The van der Waals surface area contributed by atoms with Crippen LogP contribution in [0.3, 0.4) is 0 Å². The molecule has 1 N–H and O–H groups in total. The maximum Gasteiger partial charge on any atom is 0.259 e. The van der Waals surface area contributed by atoms with Crippen LogP contribution in [0.15, 0.2) is 48.5 Å². The molecule has 0 saturated carbocycles. The number of carbonyl (C=O) groups is 1. The molecular formula is C19H23NO3. The van der Waals surface area contributed by atoms with Crippen molar-refractivity contribution in [2.75, 3.05) is 11.9 Å². The zero-order valence-corrected chi connectivity index (χ0v) is 13.8. The smallest absolute Gasteiger partial charge is 0.259 e. The highest BCUT2D eigenvalue weighted by atomic mass is 16.5. The van der Waals surface area contributed by atoms with Crippen LogP contribution in [0.25, 0.3) is 0 Å². The number of para-hydroxylation sites is 3. The van der Waals surface area contributed by atoms with Crippen molar-refractivity contribution in [1.29, 1.82) is 0 Å². The van der Waals surface area contributed by atoms with E-state index < -0.39 is 0 Å². The third-order valence-electron chi connectivity index (χ3n) is 3.09. The summed E-state index contributed by atoms with van der Waals surface area (Å²) in [6.07, 6.45) is 0.925. The Labute approximate surface area is 137 Å². The summed E-state index contributed by atoms with van der Waals surface area (Å²) < 4.78 is 11.4. The molecule has 2 aromatic carbocycles. The van der Waals surface area contributed by atoms with Crippen molar-refractivity contribution in [3.8, 4) is 11.5 Å². The summed E-state index contributed by atoms with van der Waals surface area (Å²) in [6, 6.07) is 14.7. The van der Waals surface area contributed by atoms with E-state index in [1.807, 2.05) is 57.2 Å². The lowest BCUT2D eigenvalue weighted by atomic mass is 10.1. The first-order valence-corrected chi connectivity index (χ1v) is 7.90. The molecule has 0 heterocycles. The zero-order chi connectivity index (χ0) is 16.7. The number of rotatable bonds is 7. The highest BCUT2D eigenvalue weighted by Crippen LogP contribution is 2.27. The van der Waals surface area contributed by atoms with E-state index in [9.17, 15) is 4.79 Å². The van der Waals surface area contributed by atoms with Crippen molar-refractivity contribution in [3.05, 3.63) is 54.1 Å². The Bertz CT molecular complexity index is 653. The largest absolute Gasteiger partial charge is 0.493 e. The van der Waals surface area contributed by atoms with E-state index in [-0.39, 0.29) is 12.0 Å². The second-order valence-electron chi connectivity index (χ2n) is 5.46. The third-order valence-corrected chi connectivity index (χ3v) is 3.09. The number of ether oxygens (including phenoxy) is 2. The summed E-state index contributed by atoms with van der Waals surface area (Å²) in [5.41, 5.74) is 1.16. The highest BCUT2D eigenvalue weighted by Gasteiger charge is 2.14. The lowest BCUT2D eigenvalue weighted by molar-refractivity contribution is 0.102. The van der Waals surface area contributed by atoms with Gasteiger partial charge < -0.3 is 14.8 Å². The minimum absolute atomic E-state index is 0.0354. The molecule has 2 rings (SSSR count). The van der Waals surface area contributed by atoms with Gasteiger partial charge in [0.1, 0.15) is 11.5 Å². The first kappa shape index (κ1) is 16.9. The molecule has 122 valence electrons. The fraction of sp³-hybridized carbons (Fsp3) is 0.316. The van der Waals surface area contributed by atoms with Gasteiger partial charge in [0.15, 0.2) is 0 Å². The van der Waals surface area contributed by atoms with E-state index in [2.05, 4.69) is 5.32 Å². The second kappa shape index (κ2) is 8.22. The van der Waals surface area contributed by atoms with Gasteiger partial charge in [0.2, 0.25) is 0 Å². The number of carbonyl (C=O) groups excluding carboxylic acids is 1. The lowest BCUT2D eigenvalue weighted by Crippen LogP contribution is -2.15. The molecule has 0 bridgehead atoms. The van der Waals surface area contributed by atoms with Crippen molar-refractivity contribution in [2.45, 2.75) is 33.3 Å². The van der Waals surface area contributed by atoms with Crippen LogP contribution in [0.4, 0.5) is 5.69 Å². The standard InChI is InChI=1S/C19H23NO3/c1-4-13-22-17-11-7-5-9-15(17)19(21)20-16-10-6-8-12-18(16)23-14(2)3/h5-12,14H,4,13H2,1-3H3,(H,20,21). The molecule has 4 heteroatoms. The summed E-state index contributed by atoms with van der Waals surface area (Å²) in [5.74, 6) is 1.04. The van der Waals surface area contributed by atoms with Crippen molar-refractivity contribution < 1.29 is 14.3 Å². The van der Waals surface area contributed by atoms with Crippen LogP contribution in [0, 0.1) is 0 Å². The second-order valence-corrected chi connectivity index (χ2v) is 5.46. The predicted molar refractivity (Wildman–Crippen MR) is 92.4 cm³/mol. The van der Waals surface area contributed by atoms with Crippen molar-refractivity contribution in [2.24, 2.45) is 0 Å². The van der Waals surface area contributed by atoms with Crippen LogP contribution < -0.4 is 14.8 Å². The molecule has 0 radical (unpaired) electrons. The Morgan fingerprint density at radius 1 is 1.04 bits per heavy atom. The number of benzene rings is 2. The average Bonchev–Trinajstić information content (AvgIpc) is 2.54. The number of hydrogen-bond acceptors (Lipinski definition) is 3. The number of anilines is 1. The van der Waals surface area contributed by atoms with Gasteiger partial charge in [-0.2, -0.15) is 0 Å². The first-order valence-electron chi connectivity index (χ1n) is 7.90. The number of nitrogens with one attached hydrogen (secondary N) is 1. The fourth-order valence-corrected chi connectivity index (χ4v) is 2.11. The van der Waals surface area contributed by atoms with Gasteiger partial charge in [0, 0.05) is 0 Å². The van der Waals surface area contributed by atoms with E-state index in [0.29, 0.717) is 29.4 Å². The molecule has 0 atom stereocenters. The van der Waals surface area contributed by atoms with Gasteiger partial charge in [-0.15, -0.1) is 0 Å². The van der Waals surface area contributed by atoms with Crippen LogP contribution in [0.1, 0.15) is 37.6 Å². The van der Waals surface area contributed by atoms with Gasteiger partial charge in [-0.1, -0.05) is 31.2 Å². The summed E-state index contributed by atoms with van der Waals surface area (Å²) in [7, 11) is 0. The van der Waals surface area contributed by atoms with Crippen molar-refractivity contribution in [1.82, 2.24) is 0 Å². The topological polar surface area (TPSA) is 47.6 Å². The molecule has 0 aliphatic carbocycles. The summed E-state index contributed by atoms with van der Waals surface area (Å²) >= 11 is 0. The summed E-state index contributed by atoms with van der Waals surface area (Å²) in [5, 5.41) is 2.91. The van der Waals surface area contributed by atoms with E-state index >= 15 is 0 Å². The Morgan fingerprint density at radius 2 is 1.70 bits per heavy atom. The van der Waals surface area contributed by atoms with Gasteiger partial charge in [0.25, 0.3) is 5.91 Å². The molecule has 0 aliphatic heterocycles. The average molecular weight is 313 g/mol. The van der Waals surface area contributed by atoms with Gasteiger partial charge in [-0.3, -0.25) is 4.79 Å². The molecule has 0 aromatic heterocycles. The maximum absolute atomic E-state index is 12.6. The zero-order valence-electron chi connectivity index (χ0n) is 13.8. The quantitative estimate of drug-likeness (QED) is 0.818. The third kappa shape index (κ3) is 4.74. The maximum atomic E-state index is 12.6. The van der Waals surface area contributed by atoms with Gasteiger partial charge in [-0.05, 0) is 44.5 Å². The lowest BCUT2D eigenvalue weighted by Gasteiger charge is -2.15. The minimum atomic E-state index is -0.212. The van der Waals surface area contributed by atoms with Crippen molar-refractivity contribution >= 4 is 11.6 Å². The Hall–Kier alpha value is -2.49. The molecule has 0 fully saturated rings. The van der Waals surface area contributed by atoms with Crippen LogP contribution >= 0.6 is 0 Å². The first-order chi connectivity index (χ1) is 11.1. The normalized spacial score (nSPS) is 10.4. The molecule has 0 saturated heterocycles. The van der Waals surface area contributed by atoms with Crippen molar-refractivity contribution in [3.63, 3.8) is 0 Å². The van der Waals surface area contributed by atoms with Gasteiger partial charge >= 0.3 is 0 Å². The Morgan fingerprint density at radius 3 is 2.39 bits per heavy atom. The molecular weight excluding hydrogens is 290 g/mol. The van der Waals surface area contributed by atoms with Gasteiger partial charge in [-0.25, -0.2) is 0 Å². The van der Waals surface area contributed by atoms with Gasteiger partial charge in [0.05, 0.1) is 24.0 Å². The minimum Gasteiger partial charge on any atom is -0.493 e. The number of amides is 1. The van der Waals surface area contributed by atoms with E-state index in [1.165, 1.54) is 0 Å². The molecule has 23 heavy (non-hydrogen) atoms. The molecule has 4 nitrogen and oxygen atoms in total. The SMILES string of the molecule is CCCOc1ccccc1C(=O)Nc1ccccc1OC(C)C. The molecule has 0 aliphatic rings. The van der Waals surface area contributed by atoms with Crippen LogP contribution in [0.5, 0.6) is 11.5 Å². The van der Waals surface area contributed by atoms with Crippen LogP contribution in [0.2, 0.25) is 0 Å². The van der Waals surface area contributed by atoms with E-state index in [4.69, 9.17) is 9.47 Å². The van der Waals surface area contributed by atoms with E-state index in [1.54, 1.807) is 12.1 Å². The molecule has 0 spiro atoms.